The molecule has 92 valence electrons. The van der Waals surface area contributed by atoms with Crippen LogP contribution in [0.2, 0.25) is 0 Å². The van der Waals surface area contributed by atoms with Gasteiger partial charge in [0.1, 0.15) is 11.3 Å². The summed E-state index contributed by atoms with van der Waals surface area (Å²) in [5.74, 6) is -1.32. The molecule has 1 aromatic carbocycles. The second-order valence-electron chi connectivity index (χ2n) is 4.10. The molecular weight excluding hydrogens is 216 g/mol. The fourth-order valence-electron chi connectivity index (χ4n) is 1.67. The maximum atomic E-state index is 10.7. The van der Waals surface area contributed by atoms with Crippen molar-refractivity contribution in [2.75, 3.05) is 0 Å². The number of aromatic hydroxyl groups is 1. The molecule has 0 aromatic heterocycles. The number of carboxylic acids is 1. The van der Waals surface area contributed by atoms with Crippen LogP contribution in [0.1, 0.15) is 48.5 Å². The molecular formula is C14H18O3. The van der Waals surface area contributed by atoms with Crippen LogP contribution in [0.4, 0.5) is 0 Å². The number of aromatic carboxylic acids is 1. The van der Waals surface area contributed by atoms with E-state index in [9.17, 15) is 9.90 Å². The molecule has 0 aliphatic heterocycles. The van der Waals surface area contributed by atoms with Crippen molar-refractivity contribution < 1.29 is 15.0 Å². The zero-order chi connectivity index (χ0) is 12.8. The van der Waals surface area contributed by atoms with Gasteiger partial charge < -0.3 is 10.2 Å². The lowest BCUT2D eigenvalue weighted by molar-refractivity contribution is 0.0694. The average Bonchev–Trinajstić information content (AvgIpc) is 2.28. The molecule has 0 radical (unpaired) electrons. The Morgan fingerprint density at radius 1 is 1.35 bits per heavy atom. The first kappa shape index (κ1) is 13.3. The summed E-state index contributed by atoms with van der Waals surface area (Å²) in [4.78, 5) is 10.7. The first-order valence-corrected chi connectivity index (χ1v) is 5.80. The molecule has 0 unspecified atom stereocenters. The van der Waals surface area contributed by atoms with Crippen molar-refractivity contribution in [1.82, 2.24) is 0 Å². The van der Waals surface area contributed by atoms with Gasteiger partial charge in [-0.25, -0.2) is 4.79 Å². The van der Waals surface area contributed by atoms with Crippen LogP contribution < -0.4 is 0 Å². The highest BCUT2D eigenvalue weighted by Gasteiger charge is 2.10. The number of carboxylic acid groups (broad SMARTS) is 1. The maximum Gasteiger partial charge on any atom is 0.339 e. The Balaban J connectivity index is 2.76. The highest BCUT2D eigenvalue weighted by molar-refractivity contribution is 5.91. The van der Waals surface area contributed by atoms with Gasteiger partial charge in [-0.1, -0.05) is 32.4 Å². The first-order chi connectivity index (χ1) is 8.06. The van der Waals surface area contributed by atoms with Crippen LogP contribution in [0.5, 0.6) is 5.75 Å². The summed E-state index contributed by atoms with van der Waals surface area (Å²) in [6.07, 6.45) is 4.24. The molecule has 1 aromatic rings. The quantitative estimate of drug-likeness (QED) is 0.738. The van der Waals surface area contributed by atoms with Gasteiger partial charge in [-0.05, 0) is 36.1 Å². The standard InChI is InChI=1S/C14H18O3/c1-3-4-5-6-10(2)11-7-8-12(14(16)17)13(15)9-11/h7-9,15H,2-6H2,1H3,(H,16,17). The number of carbonyl (C=O) groups is 1. The van der Waals surface area contributed by atoms with Crippen molar-refractivity contribution in [1.29, 1.82) is 0 Å². The third-order valence-electron chi connectivity index (χ3n) is 2.72. The lowest BCUT2D eigenvalue weighted by atomic mass is 9.99. The van der Waals surface area contributed by atoms with Gasteiger partial charge in [-0.15, -0.1) is 0 Å². The fourth-order valence-corrected chi connectivity index (χ4v) is 1.67. The van der Waals surface area contributed by atoms with E-state index in [1.165, 1.54) is 12.1 Å². The van der Waals surface area contributed by atoms with E-state index in [1.54, 1.807) is 6.07 Å². The fraction of sp³-hybridized carbons (Fsp3) is 0.357. The molecule has 0 saturated carbocycles. The van der Waals surface area contributed by atoms with Crippen LogP contribution in [0, 0.1) is 0 Å². The molecule has 2 N–H and O–H groups in total. The smallest absolute Gasteiger partial charge is 0.339 e. The van der Waals surface area contributed by atoms with Gasteiger partial charge in [0, 0.05) is 0 Å². The second kappa shape index (κ2) is 6.09. The first-order valence-electron chi connectivity index (χ1n) is 5.80. The van der Waals surface area contributed by atoms with Crippen molar-refractivity contribution in [3.05, 3.63) is 35.9 Å². The molecule has 0 aliphatic rings. The number of allylic oxidation sites excluding steroid dienone is 1. The van der Waals surface area contributed by atoms with E-state index in [2.05, 4.69) is 13.5 Å². The Bertz CT molecular complexity index is 421. The Hall–Kier alpha value is -1.77. The van der Waals surface area contributed by atoms with E-state index in [0.29, 0.717) is 0 Å². The van der Waals surface area contributed by atoms with Gasteiger partial charge in [0.05, 0.1) is 0 Å². The van der Waals surface area contributed by atoms with E-state index in [-0.39, 0.29) is 11.3 Å². The molecule has 1 rings (SSSR count). The van der Waals surface area contributed by atoms with Crippen LogP contribution >= 0.6 is 0 Å². The second-order valence-corrected chi connectivity index (χ2v) is 4.10. The Labute approximate surface area is 101 Å². The summed E-state index contributed by atoms with van der Waals surface area (Å²) in [6.45, 7) is 6.09. The van der Waals surface area contributed by atoms with Crippen molar-refractivity contribution in [2.45, 2.75) is 32.6 Å². The number of benzene rings is 1. The lowest BCUT2D eigenvalue weighted by Gasteiger charge is -2.07. The van der Waals surface area contributed by atoms with Crippen LogP contribution in [-0.4, -0.2) is 16.2 Å². The molecule has 0 bridgehead atoms. The zero-order valence-corrected chi connectivity index (χ0v) is 10.1. The predicted octanol–water partition coefficient (Wildman–Crippen LogP) is 3.68. The number of rotatable bonds is 6. The molecule has 0 aliphatic carbocycles. The minimum atomic E-state index is -1.12. The Morgan fingerprint density at radius 2 is 2.06 bits per heavy atom. The SMILES string of the molecule is C=C(CCCCC)c1ccc(C(=O)O)c(O)c1. The molecule has 0 atom stereocenters. The number of hydrogen-bond donors (Lipinski definition) is 2. The van der Waals surface area contributed by atoms with Crippen LogP contribution in [-0.2, 0) is 0 Å². The molecule has 0 fully saturated rings. The molecule has 0 saturated heterocycles. The van der Waals surface area contributed by atoms with E-state index < -0.39 is 5.97 Å². The zero-order valence-electron chi connectivity index (χ0n) is 10.1. The van der Waals surface area contributed by atoms with Gasteiger partial charge in [0.25, 0.3) is 0 Å². The third kappa shape index (κ3) is 3.63. The maximum absolute atomic E-state index is 10.7. The van der Waals surface area contributed by atoms with Crippen molar-refractivity contribution in [3.8, 4) is 5.75 Å². The minimum absolute atomic E-state index is 0.0740. The lowest BCUT2D eigenvalue weighted by Crippen LogP contribution is -1.97. The monoisotopic (exact) mass is 234 g/mol. The molecule has 17 heavy (non-hydrogen) atoms. The summed E-state index contributed by atoms with van der Waals surface area (Å²) in [5.41, 5.74) is 1.67. The Kier molecular flexibility index (Phi) is 4.76. The van der Waals surface area contributed by atoms with Gasteiger partial charge >= 0.3 is 5.97 Å². The van der Waals surface area contributed by atoms with Crippen molar-refractivity contribution in [2.24, 2.45) is 0 Å². The molecule has 0 amide bonds. The van der Waals surface area contributed by atoms with E-state index >= 15 is 0 Å². The molecule has 3 nitrogen and oxygen atoms in total. The highest BCUT2D eigenvalue weighted by Crippen LogP contribution is 2.25. The number of unbranched alkanes of at least 4 members (excludes halogenated alkanes) is 2. The van der Waals surface area contributed by atoms with E-state index in [1.807, 2.05) is 0 Å². The van der Waals surface area contributed by atoms with Crippen molar-refractivity contribution >= 4 is 11.5 Å². The van der Waals surface area contributed by atoms with Crippen LogP contribution in [0.25, 0.3) is 5.57 Å². The number of phenols is 1. The van der Waals surface area contributed by atoms with E-state index in [4.69, 9.17) is 5.11 Å². The summed E-state index contributed by atoms with van der Waals surface area (Å²) < 4.78 is 0. The minimum Gasteiger partial charge on any atom is -0.507 e. The van der Waals surface area contributed by atoms with Crippen LogP contribution in [0.3, 0.4) is 0 Å². The van der Waals surface area contributed by atoms with Gasteiger partial charge in [-0.2, -0.15) is 0 Å². The topological polar surface area (TPSA) is 57.5 Å². The molecule has 3 heteroatoms. The molecule has 0 heterocycles. The van der Waals surface area contributed by atoms with Crippen molar-refractivity contribution in [3.63, 3.8) is 0 Å². The highest BCUT2D eigenvalue weighted by atomic mass is 16.4. The average molecular weight is 234 g/mol. The molecule has 0 spiro atoms. The predicted molar refractivity (Wildman–Crippen MR) is 68.2 cm³/mol. The van der Waals surface area contributed by atoms with Gasteiger partial charge in [0.2, 0.25) is 0 Å². The summed E-state index contributed by atoms with van der Waals surface area (Å²) in [6, 6.07) is 4.58. The largest absolute Gasteiger partial charge is 0.507 e. The normalized spacial score (nSPS) is 10.2. The van der Waals surface area contributed by atoms with Crippen LogP contribution in [0.15, 0.2) is 24.8 Å². The van der Waals surface area contributed by atoms with Gasteiger partial charge in [0.15, 0.2) is 0 Å². The summed E-state index contributed by atoms with van der Waals surface area (Å²) >= 11 is 0. The van der Waals surface area contributed by atoms with Gasteiger partial charge in [-0.3, -0.25) is 0 Å². The Morgan fingerprint density at radius 3 is 2.59 bits per heavy atom. The summed E-state index contributed by atoms with van der Waals surface area (Å²) in [5, 5.41) is 18.3. The number of hydrogen-bond acceptors (Lipinski definition) is 2. The van der Waals surface area contributed by atoms with E-state index in [0.717, 1.165) is 36.8 Å². The summed E-state index contributed by atoms with van der Waals surface area (Å²) in [7, 11) is 0. The third-order valence-corrected chi connectivity index (χ3v) is 2.72.